The normalized spacial score (nSPS) is 31.1. The van der Waals surface area contributed by atoms with Gasteiger partial charge in [0.25, 0.3) is 0 Å². The second-order valence-corrected chi connectivity index (χ2v) is 6.65. The third kappa shape index (κ3) is 1.85. The van der Waals surface area contributed by atoms with E-state index in [9.17, 15) is 0 Å². The summed E-state index contributed by atoms with van der Waals surface area (Å²) in [5.41, 5.74) is 4.30. The maximum absolute atomic E-state index is 2.44. The maximum atomic E-state index is 2.44. The molecule has 0 bridgehead atoms. The molecule has 0 aliphatic heterocycles. The molecular formula is C15H25Y-. The molecule has 0 fully saturated rings. The Kier molecular flexibility index (Phi) is 4.09. The maximum Gasteiger partial charge on any atom is 0 e. The van der Waals surface area contributed by atoms with E-state index in [1.807, 2.05) is 0 Å². The predicted octanol–water partition coefficient (Wildman–Crippen LogP) is 4.76. The largest absolute Gasteiger partial charge is 0.215 e. The minimum absolute atomic E-state index is 0. The van der Waals surface area contributed by atoms with Gasteiger partial charge in [0.2, 0.25) is 0 Å². The van der Waals surface area contributed by atoms with Crippen molar-refractivity contribution >= 4 is 0 Å². The average molecular weight is 294 g/mol. The van der Waals surface area contributed by atoms with Gasteiger partial charge in [0.15, 0.2) is 0 Å². The van der Waals surface area contributed by atoms with Crippen LogP contribution >= 0.6 is 0 Å². The van der Waals surface area contributed by atoms with E-state index < -0.39 is 0 Å². The van der Waals surface area contributed by atoms with Crippen molar-refractivity contribution in [1.82, 2.24) is 0 Å². The van der Waals surface area contributed by atoms with E-state index in [2.05, 4.69) is 41.5 Å². The van der Waals surface area contributed by atoms with Crippen LogP contribution in [-0.4, -0.2) is 0 Å². The van der Waals surface area contributed by atoms with Crippen LogP contribution < -0.4 is 0 Å². The Bertz CT molecular complexity index is 309. The first-order valence-electron chi connectivity index (χ1n) is 6.36. The van der Waals surface area contributed by atoms with Crippen molar-refractivity contribution in [1.29, 1.82) is 0 Å². The third-order valence-electron chi connectivity index (χ3n) is 5.29. The zero-order valence-corrected chi connectivity index (χ0v) is 14.6. The summed E-state index contributed by atoms with van der Waals surface area (Å²) in [6, 6.07) is 0. The standard InChI is InChI=1S/C15H25.Y/c1-10-8-7-9-12-13(10)15(5,6)11(2)14(12,3)4;/h11H,7-9H2,1-6H3;/q-1;. The molecule has 0 N–H and O–H groups in total. The quantitative estimate of drug-likeness (QED) is 0.565. The molecular weight excluding hydrogens is 269 g/mol. The number of allylic oxidation sites excluding steroid dienone is 2. The van der Waals surface area contributed by atoms with Crippen molar-refractivity contribution in [2.24, 2.45) is 16.7 Å². The zero-order valence-electron chi connectivity index (χ0n) is 11.8. The SMILES string of the molecule is C[C-]1CCCC2=C1C(C)(C)C(C)C2(C)C.[Y]. The number of hydrogen-bond donors (Lipinski definition) is 0. The number of hydrogen-bond acceptors (Lipinski definition) is 0. The van der Waals surface area contributed by atoms with Crippen LogP contribution in [0.4, 0.5) is 0 Å². The second-order valence-electron chi connectivity index (χ2n) is 6.65. The first-order valence-corrected chi connectivity index (χ1v) is 6.36. The minimum atomic E-state index is 0. The molecule has 1 unspecified atom stereocenters. The molecule has 0 aromatic heterocycles. The zero-order chi connectivity index (χ0) is 11.4. The first-order chi connectivity index (χ1) is 6.79. The molecule has 0 aromatic carbocycles. The summed E-state index contributed by atoms with van der Waals surface area (Å²) in [7, 11) is 0. The van der Waals surface area contributed by atoms with E-state index >= 15 is 0 Å². The Morgan fingerprint density at radius 2 is 1.69 bits per heavy atom. The smallest absolute Gasteiger partial charge is 0 e. The summed E-state index contributed by atoms with van der Waals surface area (Å²) in [6.45, 7) is 14.6. The van der Waals surface area contributed by atoms with Crippen molar-refractivity contribution in [3.05, 3.63) is 17.1 Å². The Labute approximate surface area is 127 Å². The molecule has 89 valence electrons. The molecule has 0 heterocycles. The van der Waals surface area contributed by atoms with E-state index in [0.717, 1.165) is 5.92 Å². The molecule has 1 radical (unpaired) electrons. The molecule has 2 rings (SSSR count). The second kappa shape index (κ2) is 4.43. The first kappa shape index (κ1) is 14.8. The molecule has 0 amide bonds. The Hall–Kier alpha value is 0.714. The van der Waals surface area contributed by atoms with Crippen molar-refractivity contribution in [2.75, 3.05) is 0 Å². The van der Waals surface area contributed by atoms with Gasteiger partial charge in [-0.25, -0.2) is 17.1 Å². The summed E-state index contributed by atoms with van der Waals surface area (Å²) < 4.78 is 0. The van der Waals surface area contributed by atoms with Gasteiger partial charge in [-0.2, -0.15) is 0 Å². The van der Waals surface area contributed by atoms with E-state index in [4.69, 9.17) is 0 Å². The van der Waals surface area contributed by atoms with Crippen LogP contribution in [-0.2, 0) is 32.7 Å². The summed E-state index contributed by atoms with van der Waals surface area (Å²) in [4.78, 5) is 0. The summed E-state index contributed by atoms with van der Waals surface area (Å²) in [5.74, 6) is 2.43. The third-order valence-corrected chi connectivity index (χ3v) is 5.29. The van der Waals surface area contributed by atoms with E-state index in [1.54, 1.807) is 17.1 Å². The molecule has 2 aliphatic carbocycles. The molecule has 0 saturated heterocycles. The van der Waals surface area contributed by atoms with Gasteiger partial charge in [-0.3, -0.25) is 0 Å². The Balaban J connectivity index is 0.00000128. The molecule has 0 spiro atoms. The Morgan fingerprint density at radius 1 is 1.12 bits per heavy atom. The van der Waals surface area contributed by atoms with Crippen LogP contribution in [0.3, 0.4) is 0 Å². The van der Waals surface area contributed by atoms with E-state index in [1.165, 1.54) is 19.3 Å². The van der Waals surface area contributed by atoms with Crippen LogP contribution in [0.25, 0.3) is 0 Å². The average Bonchev–Trinajstić information content (AvgIpc) is 2.27. The monoisotopic (exact) mass is 294 g/mol. The predicted molar refractivity (Wildman–Crippen MR) is 66.5 cm³/mol. The van der Waals surface area contributed by atoms with Crippen LogP contribution in [0, 0.1) is 22.7 Å². The summed E-state index contributed by atoms with van der Waals surface area (Å²) in [5, 5.41) is 0. The van der Waals surface area contributed by atoms with E-state index in [-0.39, 0.29) is 32.7 Å². The van der Waals surface area contributed by atoms with Crippen molar-refractivity contribution in [3.8, 4) is 0 Å². The Morgan fingerprint density at radius 3 is 2.19 bits per heavy atom. The molecule has 2 aliphatic rings. The minimum Gasteiger partial charge on any atom is -0.215 e. The fourth-order valence-electron chi connectivity index (χ4n) is 4.00. The van der Waals surface area contributed by atoms with Crippen molar-refractivity contribution < 1.29 is 32.7 Å². The van der Waals surface area contributed by atoms with Crippen LogP contribution in [0.2, 0.25) is 0 Å². The molecule has 1 heteroatoms. The van der Waals surface area contributed by atoms with Crippen molar-refractivity contribution in [3.63, 3.8) is 0 Å². The van der Waals surface area contributed by atoms with Gasteiger partial charge in [0, 0.05) is 32.7 Å². The fraction of sp³-hybridized carbons (Fsp3) is 0.800. The topological polar surface area (TPSA) is 0 Å². The van der Waals surface area contributed by atoms with Gasteiger partial charge in [-0.05, 0) is 11.3 Å². The van der Waals surface area contributed by atoms with Crippen molar-refractivity contribution in [2.45, 2.75) is 60.8 Å². The van der Waals surface area contributed by atoms with E-state index in [0.29, 0.717) is 10.8 Å². The van der Waals surface area contributed by atoms with Crippen LogP contribution in [0.15, 0.2) is 11.1 Å². The molecule has 0 saturated carbocycles. The van der Waals surface area contributed by atoms with Gasteiger partial charge >= 0.3 is 0 Å². The van der Waals surface area contributed by atoms with Crippen LogP contribution in [0.1, 0.15) is 60.8 Å². The van der Waals surface area contributed by atoms with Gasteiger partial charge < -0.3 is 0 Å². The molecule has 0 aromatic rings. The van der Waals surface area contributed by atoms with Gasteiger partial charge in [0.05, 0.1) is 0 Å². The molecule has 0 nitrogen and oxygen atoms in total. The van der Waals surface area contributed by atoms with Gasteiger partial charge in [-0.15, -0.1) is 6.92 Å². The van der Waals surface area contributed by atoms with Crippen LogP contribution in [0.5, 0.6) is 0 Å². The molecule has 1 atom stereocenters. The summed E-state index contributed by atoms with van der Waals surface area (Å²) in [6.07, 6.45) is 4.04. The fourth-order valence-corrected chi connectivity index (χ4v) is 4.00. The molecule has 16 heavy (non-hydrogen) atoms. The van der Waals surface area contributed by atoms with Gasteiger partial charge in [-0.1, -0.05) is 59.3 Å². The summed E-state index contributed by atoms with van der Waals surface area (Å²) >= 11 is 0. The van der Waals surface area contributed by atoms with Gasteiger partial charge in [0.1, 0.15) is 0 Å². The number of rotatable bonds is 0.